The van der Waals surface area contributed by atoms with E-state index < -0.39 is 34.2 Å². The first-order chi connectivity index (χ1) is 11.3. The first-order valence-corrected chi connectivity index (χ1v) is 7.80. The number of halogens is 2. The average molecular weight is 359 g/mol. The number of nitrogens with one attached hydrogen (secondary N) is 1. The molecule has 1 aliphatic carbocycles. The molecular weight excluding hydrogens is 343 g/mol. The van der Waals surface area contributed by atoms with Gasteiger partial charge in [0.25, 0.3) is 5.69 Å². The summed E-state index contributed by atoms with van der Waals surface area (Å²) in [6.45, 7) is 0. The number of carboxylic acid groups (broad SMARTS) is 1. The van der Waals surface area contributed by atoms with E-state index in [2.05, 4.69) is 5.32 Å². The maximum Gasteiger partial charge on any atom is 0.306 e. The minimum Gasteiger partial charge on any atom is -0.481 e. The van der Waals surface area contributed by atoms with Crippen molar-refractivity contribution in [1.82, 2.24) is 5.32 Å². The number of nitro groups is 1. The first kappa shape index (κ1) is 18.1. The number of amides is 1. The van der Waals surface area contributed by atoms with Gasteiger partial charge < -0.3 is 10.4 Å². The fourth-order valence-corrected chi connectivity index (χ4v) is 2.98. The van der Waals surface area contributed by atoms with E-state index in [0.717, 1.165) is 12.1 Å². The molecule has 0 aromatic heterocycles. The first-order valence-electron chi connectivity index (χ1n) is 7.42. The van der Waals surface area contributed by atoms with Crippen molar-refractivity contribution in [2.24, 2.45) is 5.92 Å². The fourth-order valence-electron chi connectivity index (χ4n) is 2.83. The lowest BCUT2D eigenvalue weighted by atomic mass is 9.86. The Morgan fingerprint density at radius 3 is 2.50 bits per heavy atom. The smallest absolute Gasteiger partial charge is 0.306 e. The van der Waals surface area contributed by atoms with Gasteiger partial charge in [0, 0.05) is 17.7 Å². The molecule has 9 heteroatoms. The van der Waals surface area contributed by atoms with Gasteiger partial charge in [-0.25, -0.2) is 4.39 Å². The van der Waals surface area contributed by atoms with Crippen molar-refractivity contribution in [1.29, 1.82) is 0 Å². The summed E-state index contributed by atoms with van der Waals surface area (Å²) in [7, 11) is 0. The van der Waals surface area contributed by atoms with Gasteiger partial charge in [-0.3, -0.25) is 19.7 Å². The lowest BCUT2D eigenvalue weighted by Crippen LogP contribution is -2.39. The van der Waals surface area contributed by atoms with E-state index in [1.807, 2.05) is 0 Å². The molecule has 1 fully saturated rings. The fraction of sp³-hybridized carbons (Fsp3) is 0.467. The highest BCUT2D eigenvalue weighted by Gasteiger charge is 2.27. The SMILES string of the molecule is O=C(Cc1cc(F)c(Cl)cc1[N+](=O)[O-])NC1CCC(C(=O)O)CC1. The molecule has 0 radical (unpaired) electrons. The predicted molar refractivity (Wildman–Crippen MR) is 83.3 cm³/mol. The third-order valence-electron chi connectivity index (χ3n) is 4.11. The van der Waals surface area contributed by atoms with Gasteiger partial charge in [0.15, 0.2) is 0 Å². The van der Waals surface area contributed by atoms with Crippen LogP contribution in [0.3, 0.4) is 0 Å². The van der Waals surface area contributed by atoms with E-state index >= 15 is 0 Å². The van der Waals surface area contributed by atoms with Crippen molar-refractivity contribution in [3.05, 3.63) is 38.7 Å². The average Bonchev–Trinajstić information content (AvgIpc) is 2.50. The summed E-state index contributed by atoms with van der Waals surface area (Å²) in [5.41, 5.74) is -0.468. The van der Waals surface area contributed by atoms with E-state index in [-0.39, 0.29) is 23.0 Å². The van der Waals surface area contributed by atoms with Crippen LogP contribution < -0.4 is 5.32 Å². The highest BCUT2D eigenvalue weighted by atomic mass is 35.5. The second-order valence-corrected chi connectivity index (χ2v) is 6.19. The third kappa shape index (κ3) is 4.41. The number of carbonyl (C=O) groups is 2. The van der Waals surface area contributed by atoms with Crippen LogP contribution in [-0.4, -0.2) is 27.9 Å². The quantitative estimate of drug-likeness (QED) is 0.621. The zero-order valence-corrected chi connectivity index (χ0v) is 13.4. The Balaban J connectivity index is 1.99. The Morgan fingerprint density at radius 2 is 1.96 bits per heavy atom. The maximum absolute atomic E-state index is 13.5. The van der Waals surface area contributed by atoms with Gasteiger partial charge in [-0.05, 0) is 31.7 Å². The molecule has 130 valence electrons. The molecule has 1 amide bonds. The standard InChI is InChI=1S/C15H16ClFN2O5/c16-11-7-13(19(23)24)9(5-12(11)17)6-14(20)18-10-3-1-8(2-4-10)15(21)22/h5,7-8,10H,1-4,6H2,(H,18,20)(H,21,22). The minimum atomic E-state index is -0.841. The molecule has 0 bridgehead atoms. The van der Waals surface area contributed by atoms with E-state index in [9.17, 15) is 24.1 Å². The van der Waals surface area contributed by atoms with Gasteiger partial charge >= 0.3 is 5.97 Å². The molecule has 24 heavy (non-hydrogen) atoms. The number of carboxylic acids is 1. The van der Waals surface area contributed by atoms with Crippen molar-refractivity contribution >= 4 is 29.2 Å². The highest BCUT2D eigenvalue weighted by Crippen LogP contribution is 2.27. The summed E-state index contributed by atoms with van der Waals surface area (Å²) < 4.78 is 13.5. The third-order valence-corrected chi connectivity index (χ3v) is 4.40. The minimum absolute atomic E-state index is 0.0568. The van der Waals surface area contributed by atoms with Gasteiger partial charge in [-0.2, -0.15) is 0 Å². The molecule has 0 atom stereocenters. The van der Waals surface area contributed by atoms with Crippen LogP contribution in [0.15, 0.2) is 12.1 Å². The van der Waals surface area contributed by atoms with Crippen LogP contribution in [0.4, 0.5) is 10.1 Å². The molecule has 0 spiro atoms. The van der Waals surface area contributed by atoms with Crippen LogP contribution >= 0.6 is 11.6 Å². The summed E-state index contributed by atoms with van der Waals surface area (Å²) in [6.07, 6.45) is 1.65. The molecule has 2 N–H and O–H groups in total. The van der Waals surface area contributed by atoms with Gasteiger partial charge in [0.05, 0.1) is 22.3 Å². The van der Waals surface area contributed by atoms with Gasteiger partial charge in [0.2, 0.25) is 5.91 Å². The van der Waals surface area contributed by atoms with Crippen LogP contribution in [0, 0.1) is 21.8 Å². The number of nitro benzene ring substituents is 1. The Kier molecular flexibility index (Phi) is 5.71. The number of benzene rings is 1. The van der Waals surface area contributed by atoms with Gasteiger partial charge in [0.1, 0.15) is 5.82 Å². The summed E-state index contributed by atoms with van der Waals surface area (Å²) >= 11 is 5.53. The number of nitrogens with zero attached hydrogens (tertiary/aromatic N) is 1. The Morgan fingerprint density at radius 1 is 1.33 bits per heavy atom. The summed E-state index contributed by atoms with van der Waals surface area (Å²) in [5, 5.41) is 22.3. The lowest BCUT2D eigenvalue weighted by molar-refractivity contribution is -0.385. The Hall–Kier alpha value is -2.22. The molecule has 1 aromatic rings. The molecule has 2 rings (SSSR count). The number of carbonyl (C=O) groups excluding carboxylic acids is 1. The predicted octanol–water partition coefficient (Wildman–Crippen LogP) is 2.69. The van der Waals surface area contributed by atoms with Crippen LogP contribution in [0.25, 0.3) is 0 Å². The van der Waals surface area contributed by atoms with Crippen molar-refractivity contribution in [3.63, 3.8) is 0 Å². The van der Waals surface area contributed by atoms with Crippen molar-refractivity contribution in [3.8, 4) is 0 Å². The van der Waals surface area contributed by atoms with Crippen LogP contribution in [0.1, 0.15) is 31.2 Å². The molecular formula is C15H16ClFN2O5. The van der Waals surface area contributed by atoms with Gasteiger partial charge in [-0.1, -0.05) is 11.6 Å². The molecule has 7 nitrogen and oxygen atoms in total. The number of rotatable bonds is 5. The van der Waals surface area contributed by atoms with Crippen LogP contribution in [0.2, 0.25) is 5.02 Å². The Bertz CT molecular complexity index is 674. The molecule has 1 saturated carbocycles. The second kappa shape index (κ2) is 7.57. The lowest BCUT2D eigenvalue weighted by Gasteiger charge is -2.26. The second-order valence-electron chi connectivity index (χ2n) is 5.78. The molecule has 0 aliphatic heterocycles. The molecule has 0 heterocycles. The van der Waals surface area contributed by atoms with Crippen molar-refractivity contribution in [2.75, 3.05) is 0 Å². The molecule has 0 unspecified atom stereocenters. The Labute approximate surface area is 141 Å². The normalized spacial score (nSPS) is 20.4. The van der Waals surface area contributed by atoms with E-state index in [0.29, 0.717) is 25.7 Å². The number of hydrogen-bond donors (Lipinski definition) is 2. The van der Waals surface area contributed by atoms with E-state index in [4.69, 9.17) is 16.7 Å². The van der Waals surface area contributed by atoms with E-state index in [1.165, 1.54) is 0 Å². The molecule has 1 aliphatic rings. The monoisotopic (exact) mass is 358 g/mol. The van der Waals surface area contributed by atoms with Gasteiger partial charge in [-0.15, -0.1) is 0 Å². The van der Waals surface area contributed by atoms with Crippen LogP contribution in [-0.2, 0) is 16.0 Å². The highest BCUT2D eigenvalue weighted by molar-refractivity contribution is 6.31. The van der Waals surface area contributed by atoms with Crippen LogP contribution in [0.5, 0.6) is 0 Å². The largest absolute Gasteiger partial charge is 0.481 e. The molecule has 1 aromatic carbocycles. The van der Waals surface area contributed by atoms with Crippen molar-refractivity contribution < 1.29 is 24.0 Å². The van der Waals surface area contributed by atoms with Crippen molar-refractivity contribution in [2.45, 2.75) is 38.1 Å². The zero-order valence-electron chi connectivity index (χ0n) is 12.6. The summed E-state index contributed by atoms with van der Waals surface area (Å²) in [4.78, 5) is 33.2. The maximum atomic E-state index is 13.5. The topological polar surface area (TPSA) is 110 Å². The summed E-state index contributed by atoms with van der Waals surface area (Å²) in [6, 6.07) is 1.60. The molecule has 0 saturated heterocycles. The number of hydrogen-bond acceptors (Lipinski definition) is 4. The summed E-state index contributed by atoms with van der Waals surface area (Å²) in [5.74, 6) is -2.54. The van der Waals surface area contributed by atoms with E-state index in [1.54, 1.807) is 0 Å². The zero-order chi connectivity index (χ0) is 17.9. The number of aliphatic carboxylic acids is 1.